The van der Waals surface area contributed by atoms with E-state index >= 15 is 0 Å². The Morgan fingerprint density at radius 1 is 1.25 bits per heavy atom. The van der Waals surface area contributed by atoms with Crippen LogP contribution in [-0.4, -0.2) is 60.0 Å². The molecule has 0 spiro atoms. The van der Waals surface area contributed by atoms with E-state index in [0.717, 1.165) is 25.8 Å². The molecule has 2 aliphatic rings. The van der Waals surface area contributed by atoms with Gasteiger partial charge >= 0.3 is 5.97 Å². The van der Waals surface area contributed by atoms with Crippen LogP contribution in [0, 0.1) is 5.92 Å². The number of carboxylic acids is 1. The summed E-state index contributed by atoms with van der Waals surface area (Å²) in [5.41, 5.74) is 0. The van der Waals surface area contributed by atoms with Crippen LogP contribution in [-0.2, 0) is 14.3 Å². The Balaban J connectivity index is 2.11. The zero-order chi connectivity index (χ0) is 14.7. The van der Waals surface area contributed by atoms with Gasteiger partial charge in [0.1, 0.15) is 0 Å². The first kappa shape index (κ1) is 15.7. The number of hydrogen-bond donors (Lipinski definition) is 1. The summed E-state index contributed by atoms with van der Waals surface area (Å²) in [6.45, 7) is 8.16. The van der Waals surface area contributed by atoms with E-state index in [2.05, 4.69) is 25.7 Å². The predicted molar refractivity (Wildman–Crippen MR) is 75.8 cm³/mol. The van der Waals surface area contributed by atoms with E-state index in [1.807, 2.05) is 0 Å². The summed E-state index contributed by atoms with van der Waals surface area (Å²) in [6, 6.07) is 0.414. The maximum atomic E-state index is 11.4. The van der Waals surface area contributed by atoms with Crippen molar-refractivity contribution < 1.29 is 19.4 Å². The summed E-state index contributed by atoms with van der Waals surface area (Å²) >= 11 is 0. The molecule has 2 aliphatic heterocycles. The highest BCUT2D eigenvalue weighted by molar-refractivity contribution is 5.71. The van der Waals surface area contributed by atoms with Gasteiger partial charge in [0.15, 0.2) is 0 Å². The van der Waals surface area contributed by atoms with Crippen molar-refractivity contribution >= 4 is 5.97 Å². The normalized spacial score (nSPS) is 38.3. The van der Waals surface area contributed by atoms with Crippen molar-refractivity contribution in [2.75, 3.05) is 19.8 Å². The largest absolute Gasteiger partial charge is 0.481 e. The molecule has 5 nitrogen and oxygen atoms in total. The average molecular weight is 285 g/mol. The Labute approximate surface area is 121 Å². The fourth-order valence-electron chi connectivity index (χ4n) is 3.62. The Morgan fingerprint density at radius 2 is 1.90 bits per heavy atom. The average Bonchev–Trinajstić information content (AvgIpc) is 2.83. The molecule has 4 unspecified atom stereocenters. The van der Waals surface area contributed by atoms with Gasteiger partial charge in [0.05, 0.1) is 31.3 Å². The molecule has 0 aliphatic carbocycles. The lowest BCUT2D eigenvalue weighted by Crippen LogP contribution is -2.52. The van der Waals surface area contributed by atoms with E-state index in [0.29, 0.717) is 19.3 Å². The molecule has 20 heavy (non-hydrogen) atoms. The van der Waals surface area contributed by atoms with Crippen LogP contribution in [0.5, 0.6) is 0 Å². The predicted octanol–water partition coefficient (Wildman–Crippen LogP) is 1.75. The molecule has 5 heteroatoms. The highest BCUT2D eigenvalue weighted by Gasteiger charge is 2.41. The molecule has 0 bridgehead atoms. The van der Waals surface area contributed by atoms with Gasteiger partial charge in [-0.3, -0.25) is 9.69 Å². The van der Waals surface area contributed by atoms with Crippen molar-refractivity contribution in [1.82, 2.24) is 4.90 Å². The minimum atomic E-state index is -0.734. The van der Waals surface area contributed by atoms with Crippen molar-refractivity contribution in [3.05, 3.63) is 0 Å². The van der Waals surface area contributed by atoms with Gasteiger partial charge in [0, 0.05) is 12.1 Å². The van der Waals surface area contributed by atoms with Crippen molar-refractivity contribution in [2.24, 2.45) is 5.92 Å². The third-order valence-electron chi connectivity index (χ3n) is 4.42. The van der Waals surface area contributed by atoms with E-state index < -0.39 is 11.9 Å². The molecule has 2 rings (SSSR count). The van der Waals surface area contributed by atoms with Gasteiger partial charge in [-0.15, -0.1) is 0 Å². The lowest BCUT2D eigenvalue weighted by Gasteiger charge is -2.42. The number of hydrogen-bond acceptors (Lipinski definition) is 4. The van der Waals surface area contributed by atoms with Crippen molar-refractivity contribution in [3.8, 4) is 0 Å². The zero-order valence-electron chi connectivity index (χ0n) is 12.7. The highest BCUT2D eigenvalue weighted by atomic mass is 16.5. The molecule has 2 saturated heterocycles. The number of ether oxygens (including phenoxy) is 2. The first-order valence-electron chi connectivity index (χ1n) is 7.74. The quantitative estimate of drug-likeness (QED) is 0.834. The first-order chi connectivity index (χ1) is 9.52. The zero-order valence-corrected chi connectivity index (χ0v) is 12.7. The Hall–Kier alpha value is -0.650. The lowest BCUT2D eigenvalue weighted by atomic mass is 9.93. The number of nitrogens with zero attached hydrogens (tertiary/aromatic N) is 1. The molecule has 2 fully saturated rings. The van der Waals surface area contributed by atoms with Gasteiger partial charge in [-0.05, 0) is 39.7 Å². The van der Waals surface area contributed by atoms with Crippen LogP contribution >= 0.6 is 0 Å². The molecule has 1 N–H and O–H groups in total. The van der Waals surface area contributed by atoms with Gasteiger partial charge in [0.2, 0.25) is 0 Å². The van der Waals surface area contributed by atoms with Crippen LogP contribution in [0.15, 0.2) is 0 Å². The summed E-state index contributed by atoms with van der Waals surface area (Å²) in [5, 5.41) is 9.37. The molecule has 0 saturated carbocycles. The Kier molecular flexibility index (Phi) is 5.41. The number of aliphatic carboxylic acids is 1. The molecule has 0 radical (unpaired) electrons. The van der Waals surface area contributed by atoms with E-state index in [9.17, 15) is 9.90 Å². The van der Waals surface area contributed by atoms with Gasteiger partial charge in [-0.2, -0.15) is 0 Å². The van der Waals surface area contributed by atoms with Crippen LogP contribution in [0.4, 0.5) is 0 Å². The summed E-state index contributed by atoms with van der Waals surface area (Å²) in [4.78, 5) is 13.8. The monoisotopic (exact) mass is 285 g/mol. The smallest absolute Gasteiger partial charge is 0.310 e. The second-order valence-electron chi connectivity index (χ2n) is 6.17. The van der Waals surface area contributed by atoms with E-state index in [4.69, 9.17) is 9.47 Å². The first-order valence-corrected chi connectivity index (χ1v) is 7.74. The maximum absolute atomic E-state index is 11.4. The van der Waals surface area contributed by atoms with Crippen LogP contribution in [0.1, 0.15) is 40.0 Å². The number of rotatable bonds is 5. The second-order valence-corrected chi connectivity index (χ2v) is 6.17. The molecule has 0 amide bonds. The van der Waals surface area contributed by atoms with Crippen LogP contribution in [0.25, 0.3) is 0 Å². The fourth-order valence-corrected chi connectivity index (χ4v) is 3.62. The Morgan fingerprint density at radius 3 is 2.45 bits per heavy atom. The summed E-state index contributed by atoms with van der Waals surface area (Å²) in [6.07, 6.45) is 3.48. The van der Waals surface area contributed by atoms with Crippen molar-refractivity contribution in [1.29, 1.82) is 0 Å². The van der Waals surface area contributed by atoms with E-state index in [1.54, 1.807) is 0 Å². The van der Waals surface area contributed by atoms with Crippen molar-refractivity contribution in [2.45, 2.75) is 64.3 Å². The minimum absolute atomic E-state index is 0.00921. The molecule has 116 valence electrons. The number of carbonyl (C=O) groups is 1. The van der Waals surface area contributed by atoms with Crippen LogP contribution < -0.4 is 0 Å². The SMILES string of the molecule is CCCN(C1CC(C)OC(C)C1)C1COCC1C(=O)O. The number of carboxylic acid groups (broad SMARTS) is 1. The summed E-state index contributed by atoms with van der Waals surface area (Å²) in [5.74, 6) is -1.13. The summed E-state index contributed by atoms with van der Waals surface area (Å²) in [7, 11) is 0. The van der Waals surface area contributed by atoms with Gasteiger partial charge < -0.3 is 14.6 Å². The topological polar surface area (TPSA) is 59.0 Å². The van der Waals surface area contributed by atoms with Crippen molar-refractivity contribution in [3.63, 3.8) is 0 Å². The maximum Gasteiger partial charge on any atom is 0.310 e. The van der Waals surface area contributed by atoms with Gasteiger partial charge in [-0.25, -0.2) is 0 Å². The molecule has 4 atom stereocenters. The lowest BCUT2D eigenvalue weighted by molar-refractivity contribution is -0.144. The molecular formula is C15H27NO4. The minimum Gasteiger partial charge on any atom is -0.481 e. The Bertz CT molecular complexity index is 326. The van der Waals surface area contributed by atoms with Crippen LogP contribution in [0.3, 0.4) is 0 Å². The molecule has 0 aromatic heterocycles. The molecular weight excluding hydrogens is 258 g/mol. The third-order valence-corrected chi connectivity index (χ3v) is 4.42. The van der Waals surface area contributed by atoms with Gasteiger partial charge in [-0.1, -0.05) is 6.92 Å². The second kappa shape index (κ2) is 6.87. The fraction of sp³-hybridized carbons (Fsp3) is 0.933. The van der Waals surface area contributed by atoms with E-state index in [-0.39, 0.29) is 18.2 Å². The standard InChI is InChI=1S/C15H27NO4/c1-4-5-16(12-6-10(2)20-11(3)7-12)14-9-19-8-13(14)15(17)18/h10-14H,4-9H2,1-3H3,(H,17,18). The molecule has 0 aromatic rings. The summed E-state index contributed by atoms with van der Waals surface area (Å²) < 4.78 is 11.3. The molecule has 0 aromatic carbocycles. The molecule has 2 heterocycles. The van der Waals surface area contributed by atoms with E-state index in [1.165, 1.54) is 0 Å². The third kappa shape index (κ3) is 3.51. The highest BCUT2D eigenvalue weighted by Crippen LogP contribution is 2.29. The van der Waals surface area contributed by atoms with Gasteiger partial charge in [0.25, 0.3) is 0 Å². The van der Waals surface area contributed by atoms with Crippen LogP contribution in [0.2, 0.25) is 0 Å².